The minimum Gasteiger partial charge on any atom is -0.478 e. The molecule has 1 rings (SSSR count). The van der Waals surface area contributed by atoms with Gasteiger partial charge in [-0.3, -0.25) is 0 Å². The van der Waals surface area contributed by atoms with E-state index in [0.29, 0.717) is 12.1 Å². The van der Waals surface area contributed by atoms with Crippen LogP contribution in [0.5, 0.6) is 0 Å². The van der Waals surface area contributed by atoms with Crippen molar-refractivity contribution in [3.8, 4) is 0 Å². The van der Waals surface area contributed by atoms with E-state index in [9.17, 15) is 15.0 Å². The molecular weight excluding hydrogens is 258 g/mol. The summed E-state index contributed by atoms with van der Waals surface area (Å²) in [4.78, 5) is 10.8. The first kappa shape index (κ1) is 14.8. The van der Waals surface area contributed by atoms with Gasteiger partial charge in [0, 0.05) is 5.69 Å². The van der Waals surface area contributed by atoms with Crippen molar-refractivity contribution in [1.82, 2.24) is 0 Å². The molecule has 0 aliphatic heterocycles. The Morgan fingerprint density at radius 1 is 1.39 bits per heavy atom. The number of rotatable bonds is 6. The molecule has 0 radical (unpaired) electrons. The summed E-state index contributed by atoms with van der Waals surface area (Å²) in [5, 5.41) is 30.5. The fraction of sp³-hybridized carbons (Fsp3) is 0.417. The maximum absolute atomic E-state index is 10.8. The van der Waals surface area contributed by atoms with Gasteiger partial charge in [-0.05, 0) is 24.6 Å². The van der Waals surface area contributed by atoms with Crippen molar-refractivity contribution in [3.05, 3.63) is 28.8 Å². The van der Waals surface area contributed by atoms with Crippen molar-refractivity contribution in [2.24, 2.45) is 0 Å². The predicted molar refractivity (Wildman–Crippen MR) is 69.2 cm³/mol. The molecule has 0 fully saturated rings. The highest BCUT2D eigenvalue weighted by Gasteiger charge is 2.26. The van der Waals surface area contributed by atoms with Gasteiger partial charge in [0.05, 0.1) is 29.3 Å². The summed E-state index contributed by atoms with van der Waals surface area (Å²) in [6.07, 6.45) is 0.512. The van der Waals surface area contributed by atoms with E-state index >= 15 is 0 Å². The highest BCUT2D eigenvalue weighted by molar-refractivity contribution is 6.33. The molecule has 4 N–H and O–H groups in total. The number of nitrogens with one attached hydrogen (secondary N) is 1. The van der Waals surface area contributed by atoms with Gasteiger partial charge in [0.1, 0.15) is 0 Å². The monoisotopic (exact) mass is 273 g/mol. The molecule has 18 heavy (non-hydrogen) atoms. The zero-order valence-corrected chi connectivity index (χ0v) is 10.7. The molecule has 100 valence electrons. The van der Waals surface area contributed by atoms with Crippen LogP contribution in [0.25, 0.3) is 0 Å². The minimum atomic E-state index is -1.10. The lowest BCUT2D eigenvalue weighted by atomic mass is 9.98. The zero-order valence-electron chi connectivity index (χ0n) is 9.98. The molecule has 0 aliphatic rings. The first-order valence-corrected chi connectivity index (χ1v) is 5.88. The third kappa shape index (κ3) is 3.13. The number of halogens is 1. The van der Waals surface area contributed by atoms with E-state index < -0.39 is 11.5 Å². The van der Waals surface area contributed by atoms with Gasteiger partial charge in [-0.1, -0.05) is 18.5 Å². The number of carboxylic acids is 1. The van der Waals surface area contributed by atoms with Crippen LogP contribution >= 0.6 is 11.6 Å². The van der Waals surface area contributed by atoms with Crippen molar-refractivity contribution in [3.63, 3.8) is 0 Å². The summed E-state index contributed by atoms with van der Waals surface area (Å²) in [6.45, 7) is 1.35. The summed E-state index contributed by atoms with van der Waals surface area (Å²) in [6, 6.07) is 4.38. The van der Waals surface area contributed by atoms with Crippen LogP contribution in [0.1, 0.15) is 23.7 Å². The molecule has 0 aromatic heterocycles. The van der Waals surface area contributed by atoms with Crippen LogP contribution in [0, 0.1) is 0 Å². The number of hydrogen-bond donors (Lipinski definition) is 4. The number of anilines is 1. The second-order valence-electron chi connectivity index (χ2n) is 4.07. The predicted octanol–water partition coefficient (Wildman–Crippen LogP) is 1.58. The lowest BCUT2D eigenvalue weighted by Gasteiger charge is -2.31. The molecule has 0 aliphatic carbocycles. The van der Waals surface area contributed by atoms with Gasteiger partial charge >= 0.3 is 5.97 Å². The Bertz CT molecular complexity index is 424. The SMILES string of the molecule is CCC(CO)(CO)Nc1ccc(C(=O)O)c(Cl)c1. The van der Waals surface area contributed by atoms with E-state index in [1.807, 2.05) is 6.92 Å². The maximum atomic E-state index is 10.8. The van der Waals surface area contributed by atoms with Crippen molar-refractivity contribution in [2.45, 2.75) is 18.9 Å². The first-order chi connectivity index (χ1) is 8.48. The fourth-order valence-electron chi connectivity index (χ4n) is 1.51. The van der Waals surface area contributed by atoms with Crippen LogP contribution in [0.4, 0.5) is 5.69 Å². The van der Waals surface area contributed by atoms with Gasteiger partial charge < -0.3 is 20.6 Å². The number of aromatic carboxylic acids is 1. The normalized spacial score (nSPS) is 11.3. The lowest BCUT2D eigenvalue weighted by Crippen LogP contribution is -2.45. The van der Waals surface area contributed by atoms with Gasteiger partial charge in [-0.15, -0.1) is 0 Å². The number of carbonyl (C=O) groups is 1. The molecular formula is C12H16ClNO4. The molecule has 0 amide bonds. The van der Waals surface area contributed by atoms with Gasteiger partial charge in [0.15, 0.2) is 0 Å². The lowest BCUT2D eigenvalue weighted by molar-refractivity contribution is 0.0697. The second-order valence-corrected chi connectivity index (χ2v) is 4.48. The summed E-state index contributed by atoms with van der Waals surface area (Å²) in [7, 11) is 0. The molecule has 0 atom stereocenters. The van der Waals surface area contributed by atoms with Gasteiger partial charge in [0.2, 0.25) is 0 Å². The average molecular weight is 274 g/mol. The quantitative estimate of drug-likeness (QED) is 0.632. The van der Waals surface area contributed by atoms with Crippen LogP contribution in [-0.4, -0.2) is 40.0 Å². The van der Waals surface area contributed by atoms with Gasteiger partial charge in [0.25, 0.3) is 0 Å². The first-order valence-electron chi connectivity index (χ1n) is 5.50. The Kier molecular flexibility index (Phi) is 4.95. The van der Waals surface area contributed by atoms with E-state index in [2.05, 4.69) is 5.32 Å². The summed E-state index contributed by atoms with van der Waals surface area (Å²) >= 11 is 5.84. The highest BCUT2D eigenvalue weighted by atomic mass is 35.5. The van der Waals surface area contributed by atoms with Crippen LogP contribution in [0.15, 0.2) is 18.2 Å². The molecule has 1 aromatic carbocycles. The number of aliphatic hydroxyl groups excluding tert-OH is 2. The van der Waals surface area contributed by atoms with E-state index in [1.165, 1.54) is 12.1 Å². The topological polar surface area (TPSA) is 89.8 Å². The third-order valence-corrected chi connectivity index (χ3v) is 3.20. The Morgan fingerprint density at radius 3 is 2.39 bits per heavy atom. The van der Waals surface area contributed by atoms with Crippen LogP contribution in [0.3, 0.4) is 0 Å². The molecule has 0 heterocycles. The van der Waals surface area contributed by atoms with E-state index in [4.69, 9.17) is 16.7 Å². The Balaban J connectivity index is 2.98. The van der Waals surface area contributed by atoms with Crippen LogP contribution in [0.2, 0.25) is 5.02 Å². The van der Waals surface area contributed by atoms with Gasteiger partial charge in [-0.25, -0.2) is 4.79 Å². The van der Waals surface area contributed by atoms with Crippen LogP contribution < -0.4 is 5.32 Å². The smallest absolute Gasteiger partial charge is 0.337 e. The molecule has 0 saturated heterocycles. The molecule has 6 heteroatoms. The van der Waals surface area contributed by atoms with Crippen LogP contribution in [-0.2, 0) is 0 Å². The molecule has 0 bridgehead atoms. The zero-order chi connectivity index (χ0) is 13.8. The van der Waals surface area contributed by atoms with E-state index in [-0.39, 0.29) is 23.8 Å². The average Bonchev–Trinajstić information content (AvgIpc) is 2.36. The number of carboxylic acid groups (broad SMARTS) is 1. The molecule has 5 nitrogen and oxygen atoms in total. The number of hydrogen-bond acceptors (Lipinski definition) is 4. The van der Waals surface area contributed by atoms with Crippen molar-refractivity contribution in [1.29, 1.82) is 0 Å². The summed E-state index contributed by atoms with van der Waals surface area (Å²) < 4.78 is 0. The highest BCUT2D eigenvalue weighted by Crippen LogP contribution is 2.24. The Morgan fingerprint density at radius 2 is 2.00 bits per heavy atom. The largest absolute Gasteiger partial charge is 0.478 e. The Hall–Kier alpha value is -1.30. The van der Waals surface area contributed by atoms with Crippen molar-refractivity contribution in [2.75, 3.05) is 18.5 Å². The molecule has 0 unspecified atom stereocenters. The van der Waals surface area contributed by atoms with E-state index in [1.54, 1.807) is 6.07 Å². The standard InChI is InChI=1S/C12H16ClNO4/c1-2-12(6-15,7-16)14-8-3-4-9(11(17)18)10(13)5-8/h3-5,14-16H,2,6-7H2,1H3,(H,17,18). The number of benzene rings is 1. The fourth-order valence-corrected chi connectivity index (χ4v) is 1.77. The van der Waals surface area contributed by atoms with Crippen molar-refractivity contribution < 1.29 is 20.1 Å². The summed E-state index contributed by atoms with van der Waals surface area (Å²) in [5.74, 6) is -1.10. The minimum absolute atomic E-state index is 0.0114. The third-order valence-electron chi connectivity index (χ3n) is 2.89. The molecule has 1 aromatic rings. The second kappa shape index (κ2) is 6.04. The van der Waals surface area contributed by atoms with Crippen molar-refractivity contribution >= 4 is 23.3 Å². The Labute approximate surface area is 110 Å². The molecule has 0 saturated carbocycles. The maximum Gasteiger partial charge on any atom is 0.337 e. The van der Waals surface area contributed by atoms with Gasteiger partial charge in [-0.2, -0.15) is 0 Å². The number of aliphatic hydroxyl groups is 2. The van der Waals surface area contributed by atoms with E-state index in [0.717, 1.165) is 0 Å². The molecule has 0 spiro atoms. The summed E-state index contributed by atoms with van der Waals surface area (Å²) in [5.41, 5.74) is -0.277.